The fourth-order valence-corrected chi connectivity index (χ4v) is 5.39. The van der Waals surface area contributed by atoms with E-state index in [9.17, 15) is 4.79 Å². The quantitative estimate of drug-likeness (QED) is 0.508. The number of hydrogen-bond acceptors (Lipinski definition) is 6. The molecule has 0 radical (unpaired) electrons. The lowest BCUT2D eigenvalue weighted by Gasteiger charge is -2.32. The van der Waals surface area contributed by atoms with E-state index in [1.165, 1.54) is 5.56 Å². The van der Waals surface area contributed by atoms with Gasteiger partial charge in [-0.1, -0.05) is 37.3 Å². The third-order valence-corrected chi connectivity index (χ3v) is 7.23. The van der Waals surface area contributed by atoms with Crippen molar-refractivity contribution in [2.75, 3.05) is 24.5 Å². The number of nitrogens with zero attached hydrogens (tertiary/aromatic N) is 4. The van der Waals surface area contributed by atoms with Gasteiger partial charge < -0.3 is 10.2 Å². The van der Waals surface area contributed by atoms with Crippen LogP contribution in [-0.4, -0.2) is 40.5 Å². The van der Waals surface area contributed by atoms with E-state index in [0.29, 0.717) is 12.5 Å². The molecule has 0 spiro atoms. The number of aromatic nitrogens is 3. The Balaban J connectivity index is 1.23. The molecular formula is C24H25N5OS. The standard InChI is InChI=1S/C24H25N5OS/c1-16(17-6-3-2-4-7-17)14-26-23(30)18-9-12-29(13-10-18)22-21-20(27-15-28-22)19-8-5-11-25-24(19)31-21/h2-8,11,15-16,18H,9-10,12-14H2,1H3,(H,26,30)/t16-/m0/s1. The van der Waals surface area contributed by atoms with E-state index in [-0.39, 0.29) is 11.8 Å². The maximum absolute atomic E-state index is 12.7. The lowest BCUT2D eigenvalue weighted by Crippen LogP contribution is -2.41. The molecule has 0 unspecified atom stereocenters. The first-order valence-electron chi connectivity index (χ1n) is 10.8. The van der Waals surface area contributed by atoms with Gasteiger partial charge in [-0.2, -0.15) is 0 Å². The number of amides is 1. The Morgan fingerprint density at radius 2 is 1.94 bits per heavy atom. The number of anilines is 1. The highest BCUT2D eigenvalue weighted by Gasteiger charge is 2.27. The zero-order chi connectivity index (χ0) is 21.2. The molecular weight excluding hydrogens is 406 g/mol. The van der Waals surface area contributed by atoms with Crippen LogP contribution >= 0.6 is 11.3 Å². The largest absolute Gasteiger partial charge is 0.355 e. The number of hydrogen-bond donors (Lipinski definition) is 1. The number of pyridine rings is 1. The van der Waals surface area contributed by atoms with Gasteiger partial charge in [-0.3, -0.25) is 4.79 Å². The average molecular weight is 432 g/mol. The molecule has 1 atom stereocenters. The molecule has 4 aromatic rings. The van der Waals surface area contributed by atoms with Gasteiger partial charge in [-0.05, 0) is 36.5 Å². The minimum Gasteiger partial charge on any atom is -0.355 e. The second-order valence-corrected chi connectivity index (χ2v) is 9.15. The van der Waals surface area contributed by atoms with Gasteiger partial charge in [0.15, 0.2) is 0 Å². The second kappa shape index (κ2) is 8.59. The molecule has 1 fully saturated rings. The summed E-state index contributed by atoms with van der Waals surface area (Å²) >= 11 is 1.64. The lowest BCUT2D eigenvalue weighted by atomic mass is 9.95. The van der Waals surface area contributed by atoms with Crippen LogP contribution in [0.15, 0.2) is 55.0 Å². The molecule has 0 saturated carbocycles. The van der Waals surface area contributed by atoms with Crippen molar-refractivity contribution < 1.29 is 4.79 Å². The first kappa shape index (κ1) is 19.9. The number of fused-ring (bicyclic) bond motifs is 3. The summed E-state index contributed by atoms with van der Waals surface area (Å²) in [6, 6.07) is 14.3. The van der Waals surface area contributed by atoms with Crippen LogP contribution in [0.1, 0.15) is 31.2 Å². The number of rotatable bonds is 5. The second-order valence-electron chi connectivity index (χ2n) is 8.15. The van der Waals surface area contributed by atoms with Gasteiger partial charge in [0.05, 0.1) is 10.2 Å². The van der Waals surface area contributed by atoms with Gasteiger partial charge in [0.25, 0.3) is 0 Å². The molecule has 158 valence electrons. The van der Waals surface area contributed by atoms with Gasteiger partial charge in [0, 0.05) is 37.1 Å². The molecule has 1 aliphatic rings. The van der Waals surface area contributed by atoms with Crippen molar-refractivity contribution in [1.82, 2.24) is 20.3 Å². The number of carbonyl (C=O) groups excluding carboxylic acids is 1. The van der Waals surface area contributed by atoms with Crippen LogP contribution in [0.2, 0.25) is 0 Å². The summed E-state index contributed by atoms with van der Waals surface area (Å²) in [4.78, 5) is 29.6. The first-order chi connectivity index (χ1) is 15.2. The van der Waals surface area contributed by atoms with E-state index in [0.717, 1.165) is 52.2 Å². The molecule has 7 heteroatoms. The van der Waals surface area contributed by atoms with Crippen molar-refractivity contribution in [2.24, 2.45) is 5.92 Å². The Bertz CT molecular complexity index is 1200. The zero-order valence-corrected chi connectivity index (χ0v) is 18.3. The Hall–Kier alpha value is -3.06. The molecule has 5 rings (SSSR count). The smallest absolute Gasteiger partial charge is 0.223 e. The van der Waals surface area contributed by atoms with E-state index < -0.39 is 0 Å². The molecule has 1 saturated heterocycles. The molecule has 31 heavy (non-hydrogen) atoms. The predicted octanol–water partition coefficient (Wildman–Crippen LogP) is 4.38. The summed E-state index contributed by atoms with van der Waals surface area (Å²) < 4.78 is 1.08. The average Bonchev–Trinajstić information content (AvgIpc) is 3.22. The zero-order valence-electron chi connectivity index (χ0n) is 17.5. The molecule has 1 aromatic carbocycles. The van der Waals surface area contributed by atoms with Crippen LogP contribution < -0.4 is 10.2 Å². The van der Waals surface area contributed by atoms with Gasteiger partial charge in [-0.25, -0.2) is 15.0 Å². The van der Waals surface area contributed by atoms with Gasteiger partial charge in [0.2, 0.25) is 5.91 Å². The maximum Gasteiger partial charge on any atom is 0.223 e. The van der Waals surface area contributed by atoms with E-state index in [1.807, 2.05) is 30.5 Å². The van der Waals surface area contributed by atoms with E-state index in [4.69, 9.17) is 0 Å². The number of benzene rings is 1. The van der Waals surface area contributed by atoms with Gasteiger partial charge in [0.1, 0.15) is 17.0 Å². The molecule has 4 heterocycles. The van der Waals surface area contributed by atoms with Crippen LogP contribution in [-0.2, 0) is 4.79 Å². The van der Waals surface area contributed by atoms with E-state index >= 15 is 0 Å². The van der Waals surface area contributed by atoms with Crippen molar-refractivity contribution >= 4 is 43.5 Å². The Kier molecular flexibility index (Phi) is 5.51. The van der Waals surface area contributed by atoms with Gasteiger partial charge in [-0.15, -0.1) is 11.3 Å². The molecule has 0 aliphatic carbocycles. The van der Waals surface area contributed by atoms with Gasteiger partial charge >= 0.3 is 0 Å². The van der Waals surface area contributed by atoms with Crippen LogP contribution in [0.5, 0.6) is 0 Å². The Morgan fingerprint density at radius 3 is 2.74 bits per heavy atom. The van der Waals surface area contributed by atoms with Crippen LogP contribution in [0, 0.1) is 5.92 Å². The minimum absolute atomic E-state index is 0.0561. The SMILES string of the molecule is C[C@@H](CNC(=O)C1CCN(c2ncnc3c2sc2ncccc23)CC1)c1ccccc1. The predicted molar refractivity (Wildman–Crippen MR) is 126 cm³/mol. The summed E-state index contributed by atoms with van der Waals surface area (Å²) in [5.41, 5.74) is 2.22. The monoisotopic (exact) mass is 431 g/mol. The highest BCUT2D eigenvalue weighted by molar-refractivity contribution is 7.25. The molecule has 1 aliphatic heterocycles. The maximum atomic E-state index is 12.7. The minimum atomic E-state index is 0.0561. The molecule has 1 N–H and O–H groups in total. The van der Waals surface area contributed by atoms with Crippen molar-refractivity contribution in [3.05, 3.63) is 60.6 Å². The third kappa shape index (κ3) is 3.97. The first-order valence-corrected chi connectivity index (χ1v) is 11.6. The summed E-state index contributed by atoms with van der Waals surface area (Å²) in [6.45, 7) is 4.46. The highest BCUT2D eigenvalue weighted by atomic mass is 32.1. The van der Waals surface area contributed by atoms with Crippen LogP contribution in [0.4, 0.5) is 5.82 Å². The lowest BCUT2D eigenvalue weighted by molar-refractivity contribution is -0.125. The van der Waals surface area contributed by atoms with Crippen molar-refractivity contribution in [1.29, 1.82) is 0 Å². The fraction of sp³-hybridized carbons (Fsp3) is 0.333. The number of piperidine rings is 1. The van der Waals surface area contributed by atoms with Crippen molar-refractivity contribution in [3.8, 4) is 0 Å². The number of carbonyl (C=O) groups is 1. The summed E-state index contributed by atoms with van der Waals surface area (Å²) in [7, 11) is 0. The normalized spacial score (nSPS) is 16.0. The Morgan fingerprint density at radius 1 is 1.13 bits per heavy atom. The van der Waals surface area contributed by atoms with E-state index in [2.05, 4.69) is 50.3 Å². The Labute approximate surface area is 185 Å². The van der Waals surface area contributed by atoms with E-state index in [1.54, 1.807) is 17.7 Å². The number of thiophene rings is 1. The summed E-state index contributed by atoms with van der Waals surface area (Å²) in [5.74, 6) is 1.49. The molecule has 6 nitrogen and oxygen atoms in total. The fourth-order valence-electron chi connectivity index (χ4n) is 4.28. The molecule has 3 aromatic heterocycles. The topological polar surface area (TPSA) is 71.0 Å². The number of nitrogens with one attached hydrogen (secondary N) is 1. The van der Waals surface area contributed by atoms with Crippen molar-refractivity contribution in [2.45, 2.75) is 25.7 Å². The summed E-state index contributed by atoms with van der Waals surface area (Å²) in [5, 5.41) is 4.24. The molecule has 0 bridgehead atoms. The van der Waals surface area contributed by atoms with Crippen LogP contribution in [0.25, 0.3) is 20.4 Å². The molecule has 1 amide bonds. The summed E-state index contributed by atoms with van der Waals surface area (Å²) in [6.07, 6.45) is 5.12. The van der Waals surface area contributed by atoms with Crippen molar-refractivity contribution in [3.63, 3.8) is 0 Å². The highest BCUT2D eigenvalue weighted by Crippen LogP contribution is 2.37. The third-order valence-electron chi connectivity index (χ3n) is 6.13. The van der Waals surface area contributed by atoms with Crippen LogP contribution in [0.3, 0.4) is 0 Å².